The number of thiazole rings is 1. The summed E-state index contributed by atoms with van der Waals surface area (Å²) in [5.41, 5.74) is 5.53. The monoisotopic (exact) mass is 428 g/mol. The maximum absolute atomic E-state index is 6.14. The first-order chi connectivity index (χ1) is 14.6. The fraction of sp³-hybridized carbons (Fsp3) is 0.120. The molecule has 0 aliphatic rings. The van der Waals surface area contributed by atoms with Crippen molar-refractivity contribution < 1.29 is 4.42 Å². The Kier molecular flexibility index (Phi) is 4.85. The number of thiophene rings is 1. The minimum absolute atomic E-state index is 0.759. The number of rotatable bonds is 3. The van der Waals surface area contributed by atoms with Gasteiger partial charge in [-0.15, -0.1) is 11.3 Å². The molecule has 0 aliphatic heterocycles. The molecule has 0 bridgehead atoms. The van der Waals surface area contributed by atoms with Crippen molar-refractivity contribution in [3.63, 3.8) is 0 Å². The van der Waals surface area contributed by atoms with Crippen molar-refractivity contribution in [1.29, 1.82) is 0 Å². The molecular formula is C25H20N2OS2. The quantitative estimate of drug-likeness (QED) is 0.299. The van der Waals surface area contributed by atoms with Crippen molar-refractivity contribution in [2.45, 2.75) is 20.8 Å². The first-order valence-electron chi connectivity index (χ1n) is 9.75. The third-order valence-corrected chi connectivity index (χ3v) is 6.95. The molecular weight excluding hydrogens is 408 g/mol. The van der Waals surface area contributed by atoms with E-state index < -0.39 is 0 Å². The van der Waals surface area contributed by atoms with Crippen molar-refractivity contribution in [3.8, 4) is 21.9 Å². The average Bonchev–Trinajstić information content (AvgIpc) is 3.40. The summed E-state index contributed by atoms with van der Waals surface area (Å²) in [7, 11) is 0. The van der Waals surface area contributed by atoms with Gasteiger partial charge in [-0.25, -0.2) is 9.98 Å². The number of aromatic nitrogens is 1. The fourth-order valence-electron chi connectivity index (χ4n) is 3.44. The molecule has 5 aromatic rings. The summed E-state index contributed by atoms with van der Waals surface area (Å²) in [4.78, 5) is 12.1. The lowest BCUT2D eigenvalue weighted by atomic mass is 10.0. The highest BCUT2D eigenvalue weighted by Crippen LogP contribution is 2.33. The van der Waals surface area contributed by atoms with Crippen LogP contribution < -0.4 is 5.36 Å². The second-order valence-corrected chi connectivity index (χ2v) is 9.41. The largest absolute Gasteiger partial charge is 0.455 e. The third-order valence-electron chi connectivity index (χ3n) is 5.20. The highest BCUT2D eigenvalue weighted by molar-refractivity contribution is 7.15. The van der Waals surface area contributed by atoms with Gasteiger partial charge in [-0.1, -0.05) is 41.7 Å². The van der Waals surface area contributed by atoms with Crippen LogP contribution in [0.5, 0.6) is 0 Å². The number of nitrogens with zero attached hydrogens (tertiary/aromatic N) is 2. The Morgan fingerprint density at radius 3 is 2.57 bits per heavy atom. The molecule has 3 heterocycles. The van der Waals surface area contributed by atoms with Crippen LogP contribution in [0, 0.1) is 20.8 Å². The lowest BCUT2D eigenvalue weighted by Crippen LogP contribution is -2.02. The Morgan fingerprint density at radius 2 is 1.77 bits per heavy atom. The fourth-order valence-corrected chi connectivity index (χ4v) is 4.93. The van der Waals surface area contributed by atoms with Gasteiger partial charge in [0.15, 0.2) is 0 Å². The van der Waals surface area contributed by atoms with Crippen LogP contribution in [-0.2, 0) is 0 Å². The topological polar surface area (TPSA) is 38.4 Å². The molecule has 3 nitrogen and oxygen atoms in total. The van der Waals surface area contributed by atoms with Crippen LogP contribution in [0.15, 0.2) is 75.5 Å². The highest BCUT2D eigenvalue weighted by atomic mass is 32.1. The predicted octanol–water partition coefficient (Wildman–Crippen LogP) is 7.44. The number of hydrogen-bond donors (Lipinski definition) is 0. The molecule has 2 aromatic carbocycles. The molecule has 0 spiro atoms. The Labute approximate surface area is 183 Å². The standard InChI is InChI=1S/C25H20N2OS2/c1-15-10-11-18(13-16(15)2)24-17(3)30-25(27-24)26-20-14-22(23-9-6-12-29-23)28-21-8-5-4-7-19(20)21/h4-14H,1-3H3/b26-20+. The second kappa shape index (κ2) is 7.67. The molecule has 5 heteroatoms. The van der Waals surface area contributed by atoms with Crippen molar-refractivity contribution in [2.75, 3.05) is 0 Å². The maximum atomic E-state index is 6.14. The van der Waals surface area contributed by atoms with E-state index >= 15 is 0 Å². The van der Waals surface area contributed by atoms with Crippen LogP contribution in [0.3, 0.4) is 0 Å². The van der Waals surface area contributed by atoms with Crippen molar-refractivity contribution >= 4 is 38.8 Å². The van der Waals surface area contributed by atoms with E-state index in [9.17, 15) is 0 Å². The molecule has 3 aromatic heterocycles. The Balaban J connectivity index is 1.67. The highest BCUT2D eigenvalue weighted by Gasteiger charge is 2.12. The van der Waals surface area contributed by atoms with Gasteiger partial charge in [-0.2, -0.15) is 0 Å². The van der Waals surface area contributed by atoms with Crippen LogP contribution >= 0.6 is 22.7 Å². The van der Waals surface area contributed by atoms with Crippen molar-refractivity contribution in [3.05, 3.63) is 87.4 Å². The number of benzene rings is 2. The van der Waals surface area contributed by atoms with Gasteiger partial charge in [0.05, 0.1) is 15.9 Å². The number of para-hydroxylation sites is 1. The van der Waals surface area contributed by atoms with E-state index in [1.807, 2.05) is 36.4 Å². The summed E-state index contributed by atoms with van der Waals surface area (Å²) in [6, 6.07) is 20.6. The zero-order valence-electron chi connectivity index (χ0n) is 17.0. The van der Waals surface area contributed by atoms with Crippen molar-refractivity contribution in [2.24, 2.45) is 4.99 Å². The smallest absolute Gasteiger partial charge is 0.210 e. The van der Waals surface area contributed by atoms with Gasteiger partial charge in [0.2, 0.25) is 5.13 Å². The zero-order valence-corrected chi connectivity index (χ0v) is 18.6. The van der Waals surface area contributed by atoms with E-state index in [0.29, 0.717) is 0 Å². The van der Waals surface area contributed by atoms with E-state index in [4.69, 9.17) is 14.4 Å². The van der Waals surface area contributed by atoms with E-state index in [0.717, 1.165) is 43.4 Å². The number of aryl methyl sites for hydroxylation is 3. The Morgan fingerprint density at radius 1 is 0.900 bits per heavy atom. The van der Waals surface area contributed by atoms with Gasteiger partial charge in [0.1, 0.15) is 11.3 Å². The average molecular weight is 429 g/mol. The molecule has 148 valence electrons. The molecule has 0 saturated heterocycles. The molecule has 0 amide bonds. The Bertz CT molecular complexity index is 1430. The molecule has 5 rings (SSSR count). The van der Waals surface area contributed by atoms with E-state index in [2.05, 4.69) is 50.4 Å². The summed E-state index contributed by atoms with van der Waals surface area (Å²) in [6.45, 7) is 6.37. The summed E-state index contributed by atoms with van der Waals surface area (Å²) >= 11 is 3.28. The molecule has 0 saturated carbocycles. The van der Waals surface area contributed by atoms with E-state index in [1.54, 1.807) is 22.7 Å². The second-order valence-electron chi connectivity index (χ2n) is 7.28. The van der Waals surface area contributed by atoms with Crippen molar-refractivity contribution in [1.82, 2.24) is 4.98 Å². The minimum Gasteiger partial charge on any atom is -0.455 e. The van der Waals surface area contributed by atoms with Crippen LogP contribution in [0.1, 0.15) is 16.0 Å². The molecule has 0 fully saturated rings. The predicted molar refractivity (Wildman–Crippen MR) is 127 cm³/mol. The molecule has 30 heavy (non-hydrogen) atoms. The van der Waals surface area contributed by atoms with Gasteiger partial charge < -0.3 is 4.42 Å². The van der Waals surface area contributed by atoms with Gasteiger partial charge in [0, 0.05) is 21.9 Å². The summed E-state index contributed by atoms with van der Waals surface area (Å²) in [5.74, 6) is 0.824. The van der Waals surface area contributed by atoms with Gasteiger partial charge in [0.25, 0.3) is 0 Å². The van der Waals surface area contributed by atoms with Crippen LogP contribution in [0.2, 0.25) is 0 Å². The number of hydrogen-bond acceptors (Lipinski definition) is 5. The SMILES string of the molecule is Cc1ccc(-c2nc(/N=c3\cc(-c4cccs4)oc4ccccc34)sc2C)cc1C. The summed E-state index contributed by atoms with van der Waals surface area (Å²) in [6.07, 6.45) is 0. The lowest BCUT2D eigenvalue weighted by Gasteiger charge is -2.03. The van der Waals surface area contributed by atoms with Gasteiger partial charge >= 0.3 is 0 Å². The number of fused-ring (bicyclic) bond motifs is 1. The van der Waals surface area contributed by atoms with Crippen LogP contribution in [0.4, 0.5) is 5.13 Å². The molecule has 0 radical (unpaired) electrons. The normalized spacial score (nSPS) is 12.0. The zero-order chi connectivity index (χ0) is 20.7. The third kappa shape index (κ3) is 3.51. The Hall–Kier alpha value is -3.02. The lowest BCUT2D eigenvalue weighted by molar-refractivity contribution is 0.620. The summed E-state index contributed by atoms with van der Waals surface area (Å²) < 4.78 is 6.14. The van der Waals surface area contributed by atoms with Gasteiger partial charge in [-0.3, -0.25) is 0 Å². The maximum Gasteiger partial charge on any atom is 0.210 e. The van der Waals surface area contributed by atoms with Crippen LogP contribution in [-0.4, -0.2) is 4.98 Å². The van der Waals surface area contributed by atoms with E-state index in [1.165, 1.54) is 16.0 Å². The molecule has 0 unspecified atom stereocenters. The van der Waals surface area contributed by atoms with E-state index in [-0.39, 0.29) is 0 Å². The molecule has 0 atom stereocenters. The minimum atomic E-state index is 0.759. The first-order valence-corrected chi connectivity index (χ1v) is 11.4. The molecule has 0 aliphatic carbocycles. The van der Waals surface area contributed by atoms with Gasteiger partial charge in [-0.05, 0) is 61.5 Å². The summed E-state index contributed by atoms with van der Waals surface area (Å²) in [5, 5.41) is 4.67. The molecule has 0 N–H and O–H groups in total. The first kappa shape index (κ1) is 19.0. The van der Waals surface area contributed by atoms with Crippen LogP contribution in [0.25, 0.3) is 32.9 Å².